The summed E-state index contributed by atoms with van der Waals surface area (Å²) in [6.07, 6.45) is -12.0. The fraction of sp³-hybridized carbons (Fsp3) is 0.941. The SMILES string of the molecule is CC(=O)N[C@H]1[C@H](O[C@@H]2[C@@H](O)[C@@H](OCCCS)O[C@H](CO)[C@H]2O)O[C@H](CO)[C@H](O)[C@@H]1O. The molecule has 0 aromatic heterocycles. The quantitative estimate of drug-likeness (QED) is 0.125. The van der Waals surface area contributed by atoms with Crippen LogP contribution in [0.5, 0.6) is 0 Å². The molecule has 0 unspecified atom stereocenters. The van der Waals surface area contributed by atoms with Gasteiger partial charge in [0.25, 0.3) is 0 Å². The van der Waals surface area contributed by atoms with Crippen LogP contribution >= 0.6 is 12.6 Å². The molecular formula is C17H31NO11S. The molecular weight excluding hydrogens is 426 g/mol. The van der Waals surface area contributed by atoms with Gasteiger partial charge in [0.15, 0.2) is 12.6 Å². The first-order valence-electron chi connectivity index (χ1n) is 9.65. The highest BCUT2D eigenvalue weighted by atomic mass is 32.1. The zero-order valence-corrected chi connectivity index (χ0v) is 17.4. The van der Waals surface area contributed by atoms with Gasteiger partial charge in [0.05, 0.1) is 19.8 Å². The summed E-state index contributed by atoms with van der Waals surface area (Å²) in [5.74, 6) is -0.0218. The predicted octanol–water partition coefficient (Wildman–Crippen LogP) is -3.91. The maximum atomic E-state index is 11.5. The van der Waals surface area contributed by atoms with Crippen molar-refractivity contribution in [1.82, 2.24) is 5.32 Å². The molecule has 2 fully saturated rings. The lowest BCUT2D eigenvalue weighted by Gasteiger charge is -2.47. The van der Waals surface area contributed by atoms with E-state index in [2.05, 4.69) is 17.9 Å². The van der Waals surface area contributed by atoms with E-state index in [1.165, 1.54) is 6.92 Å². The lowest BCUT2D eigenvalue weighted by Crippen LogP contribution is -2.67. The molecule has 2 aliphatic heterocycles. The predicted molar refractivity (Wildman–Crippen MR) is 102 cm³/mol. The van der Waals surface area contributed by atoms with Crippen LogP contribution in [0.2, 0.25) is 0 Å². The number of nitrogens with one attached hydrogen (secondary N) is 1. The highest BCUT2D eigenvalue weighted by Gasteiger charge is 2.51. The van der Waals surface area contributed by atoms with Gasteiger partial charge in [-0.2, -0.15) is 12.6 Å². The molecule has 2 aliphatic rings. The number of carbonyl (C=O) groups excluding carboxylic acids is 1. The Morgan fingerprint density at radius 1 is 0.967 bits per heavy atom. The van der Waals surface area contributed by atoms with Crippen LogP contribution in [0.25, 0.3) is 0 Å². The molecule has 2 saturated heterocycles. The number of carbonyl (C=O) groups is 1. The van der Waals surface area contributed by atoms with Crippen molar-refractivity contribution < 1.29 is 54.4 Å². The highest BCUT2D eigenvalue weighted by molar-refractivity contribution is 7.80. The molecule has 0 saturated carbocycles. The minimum atomic E-state index is -1.56. The van der Waals surface area contributed by atoms with E-state index in [4.69, 9.17) is 18.9 Å². The topological polar surface area (TPSA) is 187 Å². The normalized spacial score (nSPS) is 42.1. The van der Waals surface area contributed by atoms with Gasteiger partial charge in [-0.25, -0.2) is 0 Å². The monoisotopic (exact) mass is 457 g/mol. The Labute approximate surface area is 179 Å². The summed E-state index contributed by atoms with van der Waals surface area (Å²) in [5, 5.41) is 62.8. The molecule has 1 amide bonds. The molecule has 0 aliphatic carbocycles. The molecule has 176 valence electrons. The summed E-state index contributed by atoms with van der Waals surface area (Å²) in [6.45, 7) is 0.123. The number of thiol groups is 1. The first-order chi connectivity index (χ1) is 14.2. The molecule has 30 heavy (non-hydrogen) atoms. The van der Waals surface area contributed by atoms with E-state index in [1.807, 2.05) is 0 Å². The van der Waals surface area contributed by atoms with Crippen LogP contribution in [0.4, 0.5) is 0 Å². The van der Waals surface area contributed by atoms with Gasteiger partial charge in [-0.1, -0.05) is 0 Å². The molecule has 0 radical (unpaired) electrons. The molecule has 10 atom stereocenters. The molecule has 12 nitrogen and oxygen atoms in total. The van der Waals surface area contributed by atoms with E-state index in [9.17, 15) is 35.4 Å². The number of aliphatic hydroxyl groups is 6. The Hall–Kier alpha value is -0.580. The van der Waals surface area contributed by atoms with Gasteiger partial charge in [-0.3, -0.25) is 4.79 Å². The minimum Gasteiger partial charge on any atom is -0.394 e. The minimum absolute atomic E-state index is 0.193. The summed E-state index contributed by atoms with van der Waals surface area (Å²) in [4.78, 5) is 11.5. The van der Waals surface area contributed by atoms with Gasteiger partial charge < -0.3 is 54.9 Å². The third-order valence-electron chi connectivity index (χ3n) is 4.95. The zero-order chi connectivity index (χ0) is 22.4. The van der Waals surface area contributed by atoms with Crippen LogP contribution in [-0.2, 0) is 23.7 Å². The first-order valence-corrected chi connectivity index (χ1v) is 10.3. The van der Waals surface area contributed by atoms with Crippen molar-refractivity contribution in [3.8, 4) is 0 Å². The van der Waals surface area contributed by atoms with Crippen LogP contribution in [0.3, 0.4) is 0 Å². The molecule has 0 aromatic rings. The molecule has 2 rings (SSSR count). The van der Waals surface area contributed by atoms with Crippen LogP contribution in [0.1, 0.15) is 13.3 Å². The molecule has 0 spiro atoms. The summed E-state index contributed by atoms with van der Waals surface area (Å²) < 4.78 is 22.0. The molecule has 2 heterocycles. The van der Waals surface area contributed by atoms with Gasteiger partial charge in [0.1, 0.15) is 48.8 Å². The highest BCUT2D eigenvalue weighted by Crippen LogP contribution is 2.29. The average Bonchev–Trinajstić information content (AvgIpc) is 2.71. The lowest BCUT2D eigenvalue weighted by molar-refractivity contribution is -0.347. The fourth-order valence-electron chi connectivity index (χ4n) is 3.36. The van der Waals surface area contributed by atoms with Crippen molar-refractivity contribution in [1.29, 1.82) is 0 Å². The van der Waals surface area contributed by atoms with Crippen molar-refractivity contribution in [2.75, 3.05) is 25.6 Å². The standard InChI is InChI=1S/C17H31NO11S/c1-7(21)18-10-13(24)11(22)8(5-19)27-16(10)29-15-12(23)9(6-20)28-17(14(15)25)26-3-2-4-30/h8-17,19-20,22-25,30H,2-6H2,1H3,(H,18,21)/t8-,9-,10-,11+,12-,13-,14-,15+,16+,17+/m1/s1. The van der Waals surface area contributed by atoms with Crippen LogP contribution in [0, 0.1) is 0 Å². The Bertz CT molecular complexity index is 544. The van der Waals surface area contributed by atoms with Crippen molar-refractivity contribution in [2.24, 2.45) is 0 Å². The lowest BCUT2D eigenvalue weighted by atomic mass is 9.95. The van der Waals surface area contributed by atoms with Crippen molar-refractivity contribution in [2.45, 2.75) is 74.7 Å². The average molecular weight is 457 g/mol. The summed E-state index contributed by atoms with van der Waals surface area (Å²) >= 11 is 4.06. The number of aliphatic hydroxyl groups excluding tert-OH is 6. The second kappa shape index (κ2) is 11.9. The maximum Gasteiger partial charge on any atom is 0.217 e. The van der Waals surface area contributed by atoms with Gasteiger partial charge >= 0.3 is 0 Å². The zero-order valence-electron chi connectivity index (χ0n) is 16.5. The second-order valence-corrected chi connectivity index (χ2v) is 7.64. The third-order valence-corrected chi connectivity index (χ3v) is 5.26. The number of hydrogen-bond donors (Lipinski definition) is 8. The second-order valence-electron chi connectivity index (χ2n) is 7.19. The van der Waals surface area contributed by atoms with E-state index in [1.54, 1.807) is 0 Å². The summed E-state index contributed by atoms with van der Waals surface area (Å²) in [6, 6.07) is -1.27. The fourth-order valence-corrected chi connectivity index (χ4v) is 3.49. The van der Waals surface area contributed by atoms with Crippen LogP contribution in [0.15, 0.2) is 0 Å². The summed E-state index contributed by atoms with van der Waals surface area (Å²) in [5.41, 5.74) is 0. The van der Waals surface area contributed by atoms with Crippen molar-refractivity contribution in [3.63, 3.8) is 0 Å². The number of hydrogen-bond acceptors (Lipinski definition) is 12. The van der Waals surface area contributed by atoms with Crippen molar-refractivity contribution in [3.05, 3.63) is 0 Å². The van der Waals surface area contributed by atoms with Gasteiger partial charge in [0.2, 0.25) is 5.91 Å². The van der Waals surface area contributed by atoms with E-state index in [-0.39, 0.29) is 6.61 Å². The molecule has 0 bridgehead atoms. The number of amides is 1. The molecule has 7 N–H and O–H groups in total. The molecule has 0 aromatic carbocycles. The number of rotatable bonds is 9. The van der Waals surface area contributed by atoms with E-state index in [0.717, 1.165) is 0 Å². The third kappa shape index (κ3) is 6.01. The van der Waals surface area contributed by atoms with Crippen LogP contribution in [-0.4, -0.2) is 123 Å². The van der Waals surface area contributed by atoms with E-state index in [0.29, 0.717) is 12.2 Å². The largest absolute Gasteiger partial charge is 0.394 e. The first kappa shape index (κ1) is 25.7. The smallest absolute Gasteiger partial charge is 0.217 e. The van der Waals surface area contributed by atoms with Gasteiger partial charge in [-0.05, 0) is 12.2 Å². The Morgan fingerprint density at radius 2 is 1.57 bits per heavy atom. The summed E-state index contributed by atoms with van der Waals surface area (Å²) in [7, 11) is 0. The molecule has 13 heteroatoms. The Balaban J connectivity index is 2.21. The van der Waals surface area contributed by atoms with Gasteiger partial charge in [-0.15, -0.1) is 0 Å². The van der Waals surface area contributed by atoms with E-state index >= 15 is 0 Å². The Morgan fingerprint density at radius 3 is 2.13 bits per heavy atom. The Kier molecular flexibility index (Phi) is 10.2. The number of ether oxygens (including phenoxy) is 4. The maximum absolute atomic E-state index is 11.5. The van der Waals surface area contributed by atoms with Gasteiger partial charge in [0, 0.05) is 6.92 Å². The van der Waals surface area contributed by atoms with Crippen molar-refractivity contribution >= 4 is 18.5 Å². The van der Waals surface area contributed by atoms with E-state index < -0.39 is 80.5 Å². The van der Waals surface area contributed by atoms with Crippen LogP contribution < -0.4 is 5.32 Å².